The lowest BCUT2D eigenvalue weighted by atomic mass is 9.87. The fourth-order valence-electron chi connectivity index (χ4n) is 6.07. The smallest absolute Gasteiger partial charge is 0.481 e. The molecule has 2 aromatic rings. The Balaban J connectivity index is 1.35. The first-order chi connectivity index (χ1) is 30.8. The van der Waals surface area contributed by atoms with Crippen molar-refractivity contribution < 1.29 is 95.5 Å². The Hall–Kier alpha value is -3.27. The fraction of sp³-hybridized carbons (Fsp3) is 0.686. The van der Waals surface area contributed by atoms with Gasteiger partial charge in [-0.05, 0) is 38.5 Å². The number of imidazole rings is 1. The average Bonchev–Trinajstić information content (AvgIpc) is 3.78. The molecular weight excluding hydrogens is 963 g/mol. The van der Waals surface area contributed by atoms with E-state index in [1.54, 1.807) is 0 Å². The van der Waals surface area contributed by atoms with E-state index in [0.29, 0.717) is 19.3 Å². The molecule has 0 saturated carbocycles. The van der Waals surface area contributed by atoms with E-state index in [9.17, 15) is 67.8 Å². The lowest BCUT2D eigenvalue weighted by Crippen LogP contribution is -2.46. The van der Waals surface area contributed by atoms with Crippen LogP contribution in [-0.4, -0.2) is 145 Å². The molecule has 0 spiro atoms. The second-order valence-corrected chi connectivity index (χ2v) is 20.9. The van der Waals surface area contributed by atoms with Crippen LogP contribution in [0.4, 0.5) is 5.82 Å². The van der Waals surface area contributed by atoms with E-state index in [4.69, 9.17) is 24.6 Å². The Morgan fingerprint density at radius 1 is 0.955 bits per heavy atom. The number of amides is 2. The third-order valence-electron chi connectivity index (χ3n) is 9.50. The van der Waals surface area contributed by atoms with E-state index in [2.05, 4.69) is 34.4 Å². The SMILES string of the molecule is CC(C)(COP(=O)(O)OP(=O)(O)OCC1OC(n2cnc3c(N)ncnc32)C(O)C1OP(=O)(O)O)C(O)C(=O)NCCC(=O)NCCSC(=O)CC(O)CCC/C=C/CCCCCC(=O)O. The van der Waals surface area contributed by atoms with E-state index < -0.39 is 96.6 Å². The molecule has 1 saturated heterocycles. The number of nitrogens with zero attached hydrogens (tertiary/aromatic N) is 4. The Kier molecular flexibility index (Phi) is 22.9. The van der Waals surface area contributed by atoms with Crippen LogP contribution < -0.4 is 16.4 Å². The van der Waals surface area contributed by atoms with Gasteiger partial charge in [0.25, 0.3) is 0 Å². The van der Waals surface area contributed by atoms with Crippen LogP contribution in [0.25, 0.3) is 11.2 Å². The number of aliphatic hydroxyl groups excluding tert-OH is 3. The Morgan fingerprint density at radius 3 is 2.32 bits per heavy atom. The fourth-order valence-corrected chi connectivity index (χ4v) is 9.64. The van der Waals surface area contributed by atoms with Gasteiger partial charge in [0.15, 0.2) is 22.8 Å². The molecule has 3 rings (SSSR count). The van der Waals surface area contributed by atoms with E-state index in [1.165, 1.54) is 13.8 Å². The first-order valence-corrected chi connectivity index (χ1v) is 25.9. The zero-order chi connectivity index (χ0) is 49.3. The monoisotopic (exact) mass is 1020 g/mol. The van der Waals surface area contributed by atoms with Crippen molar-refractivity contribution in [1.29, 1.82) is 0 Å². The maximum Gasteiger partial charge on any atom is 0.481 e. The zero-order valence-corrected chi connectivity index (χ0v) is 39.5. The number of carboxylic acid groups (broad SMARTS) is 1. The van der Waals surface area contributed by atoms with Crippen LogP contribution in [0.3, 0.4) is 0 Å². The molecule has 8 atom stereocenters. The summed E-state index contributed by atoms with van der Waals surface area (Å²) in [5.41, 5.74) is 4.22. The predicted molar refractivity (Wildman–Crippen MR) is 231 cm³/mol. The number of aromatic nitrogens is 4. The Morgan fingerprint density at radius 2 is 1.64 bits per heavy atom. The van der Waals surface area contributed by atoms with Crippen molar-refractivity contribution in [1.82, 2.24) is 30.2 Å². The van der Waals surface area contributed by atoms with Gasteiger partial charge in [0.05, 0.1) is 25.6 Å². The van der Waals surface area contributed by atoms with Gasteiger partial charge in [0, 0.05) is 43.5 Å². The van der Waals surface area contributed by atoms with Gasteiger partial charge in [-0.2, -0.15) is 4.31 Å². The highest BCUT2D eigenvalue weighted by molar-refractivity contribution is 8.13. The normalized spacial score (nSPS) is 20.7. The molecule has 27 nitrogen and oxygen atoms in total. The van der Waals surface area contributed by atoms with E-state index in [1.807, 2.05) is 12.2 Å². The average molecular weight is 1020 g/mol. The number of phosphoric acid groups is 3. The molecular formula is C35H58N7O20P3S. The molecule has 31 heteroatoms. The minimum absolute atomic E-state index is 0.0203. The highest BCUT2D eigenvalue weighted by atomic mass is 32.2. The third kappa shape index (κ3) is 20.1. The van der Waals surface area contributed by atoms with Crippen LogP contribution >= 0.6 is 35.2 Å². The van der Waals surface area contributed by atoms with Gasteiger partial charge in [-0.15, -0.1) is 0 Å². The first-order valence-electron chi connectivity index (χ1n) is 20.4. The maximum atomic E-state index is 12.7. The van der Waals surface area contributed by atoms with E-state index in [-0.39, 0.29) is 60.2 Å². The molecule has 0 bridgehead atoms. The largest absolute Gasteiger partial charge is 0.481 e. The molecule has 2 amide bonds. The van der Waals surface area contributed by atoms with Gasteiger partial charge < -0.3 is 61.1 Å². The topological polar surface area (TPSA) is 421 Å². The predicted octanol–water partition coefficient (Wildman–Crippen LogP) is 1.18. The third-order valence-corrected chi connectivity index (χ3v) is 13.5. The van der Waals surface area contributed by atoms with Crippen LogP contribution in [-0.2, 0) is 55.5 Å². The van der Waals surface area contributed by atoms with Crippen LogP contribution in [0.5, 0.6) is 0 Å². The van der Waals surface area contributed by atoms with Crippen molar-refractivity contribution in [3.05, 3.63) is 24.8 Å². The van der Waals surface area contributed by atoms with E-state index in [0.717, 1.165) is 54.7 Å². The number of allylic oxidation sites excluding steroid dienone is 2. The Labute approximate surface area is 382 Å². The van der Waals surface area contributed by atoms with Crippen molar-refractivity contribution >= 4 is 75.1 Å². The molecule has 374 valence electrons. The molecule has 1 aliphatic rings. The molecule has 0 aromatic carbocycles. The number of ether oxygens (including phenoxy) is 1. The van der Waals surface area contributed by atoms with Gasteiger partial charge in [-0.1, -0.05) is 44.2 Å². The number of unbranched alkanes of at least 4 members (excludes halogenated alkanes) is 4. The number of fused-ring (bicyclic) bond motifs is 1. The summed E-state index contributed by atoms with van der Waals surface area (Å²) in [6, 6.07) is 0. The molecule has 2 aromatic heterocycles. The summed E-state index contributed by atoms with van der Waals surface area (Å²) in [7, 11) is -16.5. The lowest BCUT2D eigenvalue weighted by Gasteiger charge is -2.30. The number of hydrogen-bond donors (Lipinski definition) is 11. The van der Waals surface area contributed by atoms with Crippen molar-refractivity contribution in [3.8, 4) is 0 Å². The lowest BCUT2D eigenvalue weighted by molar-refractivity contribution is -0.137. The number of nitrogen functional groups attached to an aromatic ring is 1. The Bertz CT molecular complexity index is 2110. The van der Waals surface area contributed by atoms with Crippen LogP contribution in [0.2, 0.25) is 0 Å². The summed E-state index contributed by atoms with van der Waals surface area (Å²) >= 11 is 0.946. The molecule has 8 unspecified atom stereocenters. The first kappa shape index (κ1) is 57.1. The molecule has 66 heavy (non-hydrogen) atoms. The second kappa shape index (κ2) is 26.5. The van der Waals surface area contributed by atoms with Crippen LogP contribution in [0.15, 0.2) is 24.8 Å². The number of anilines is 1. The number of thioether (sulfide) groups is 1. The number of phosphoric ester groups is 3. The molecule has 12 N–H and O–H groups in total. The minimum Gasteiger partial charge on any atom is -0.481 e. The van der Waals surface area contributed by atoms with Gasteiger partial charge >= 0.3 is 29.4 Å². The van der Waals surface area contributed by atoms with Crippen molar-refractivity contribution in [2.75, 3.05) is 37.8 Å². The van der Waals surface area contributed by atoms with Crippen LogP contribution in [0, 0.1) is 5.41 Å². The number of aliphatic hydroxyl groups is 3. The molecule has 1 aliphatic heterocycles. The summed E-state index contributed by atoms with van der Waals surface area (Å²) in [5, 5.41) is 45.0. The number of carbonyl (C=O) groups excluding carboxylic acids is 3. The second-order valence-electron chi connectivity index (χ2n) is 15.5. The molecule has 1 fully saturated rings. The van der Waals surface area contributed by atoms with Gasteiger partial charge in [0.1, 0.15) is 36.3 Å². The summed E-state index contributed by atoms with van der Waals surface area (Å²) in [5.74, 6) is -2.12. The number of carbonyl (C=O) groups is 4. The molecule has 0 radical (unpaired) electrons. The maximum absolute atomic E-state index is 12.7. The van der Waals surface area contributed by atoms with Gasteiger partial charge in [-0.25, -0.2) is 28.6 Å². The number of carboxylic acids is 1. The quantitative estimate of drug-likeness (QED) is 0.0287. The number of nitrogens with one attached hydrogen (secondary N) is 2. The summed E-state index contributed by atoms with van der Waals surface area (Å²) < 4.78 is 62.3. The van der Waals surface area contributed by atoms with Crippen molar-refractivity contribution in [3.63, 3.8) is 0 Å². The van der Waals surface area contributed by atoms with Crippen LogP contribution in [0.1, 0.15) is 84.3 Å². The number of aliphatic carboxylic acids is 1. The van der Waals surface area contributed by atoms with Crippen molar-refractivity contribution in [2.45, 2.75) is 115 Å². The number of rotatable bonds is 31. The molecule has 0 aliphatic carbocycles. The minimum atomic E-state index is -5.60. The number of hydrogen-bond acceptors (Lipinski definition) is 20. The summed E-state index contributed by atoms with van der Waals surface area (Å²) in [4.78, 5) is 98.7. The molecule has 3 heterocycles. The van der Waals surface area contributed by atoms with Crippen molar-refractivity contribution in [2.24, 2.45) is 5.41 Å². The van der Waals surface area contributed by atoms with Gasteiger partial charge in [-0.3, -0.25) is 37.3 Å². The highest BCUT2D eigenvalue weighted by Crippen LogP contribution is 2.61. The summed E-state index contributed by atoms with van der Waals surface area (Å²) in [6.45, 7) is 0.282. The van der Waals surface area contributed by atoms with E-state index >= 15 is 0 Å². The number of nitrogens with two attached hydrogens (primary N) is 1. The summed E-state index contributed by atoms with van der Waals surface area (Å²) in [6.07, 6.45) is 1.38. The standard InChI is InChI=1S/C35H58N7O20P3S/c1-35(2,30(49)33(50)38-14-13-24(44)37-15-16-66-26(47)17-22(43)11-9-7-5-3-4-6-8-10-12-25(45)46)19-59-65(56,57)62-64(54,55)58-18-23-29(61-63(51,52)53)28(48)34(60-23)42-21-41-27-31(36)39-20-40-32(27)42/h3,5,20-23,28-30,34,43,48-49H,4,6-19H2,1-2H3,(H,37,44)(H,38,50)(H,45,46)(H,54,55)(H,56,57)(H2,36,39,40)(H2,51,52,53)/b5-3+. The van der Waals surface area contributed by atoms with Gasteiger partial charge in [0.2, 0.25) is 11.8 Å². The highest BCUT2D eigenvalue weighted by Gasteiger charge is 2.50. The zero-order valence-electron chi connectivity index (χ0n) is 36.0.